The van der Waals surface area contributed by atoms with E-state index in [0.717, 1.165) is 28.9 Å². The number of hydrogen-bond acceptors (Lipinski definition) is 4. The van der Waals surface area contributed by atoms with Crippen LogP contribution in [0.25, 0.3) is 0 Å². The normalized spacial score (nSPS) is 16.6. The van der Waals surface area contributed by atoms with E-state index in [-0.39, 0.29) is 5.75 Å². The van der Waals surface area contributed by atoms with Crippen molar-refractivity contribution in [1.82, 2.24) is 0 Å². The van der Waals surface area contributed by atoms with Crippen molar-refractivity contribution in [2.24, 2.45) is 4.99 Å². The number of nitrogens with zero attached hydrogens (tertiary/aromatic N) is 1. The maximum Gasteiger partial charge on any atom is 0.235 e. The van der Waals surface area contributed by atoms with E-state index in [1.807, 2.05) is 25.3 Å². The van der Waals surface area contributed by atoms with Crippen LogP contribution in [-0.4, -0.2) is 17.4 Å². The average molecular weight is 235 g/mol. The van der Waals surface area contributed by atoms with Crippen LogP contribution in [0.3, 0.4) is 0 Å². The fraction of sp³-hybridized carbons (Fsp3) is 0.417. The molecule has 0 aromatic heterocycles. The summed E-state index contributed by atoms with van der Waals surface area (Å²) < 4.78 is 0. The second-order valence-electron chi connectivity index (χ2n) is 4.04. The number of hydrogen-bond donors (Lipinski definition) is 1. The predicted octanol–water partition coefficient (Wildman–Crippen LogP) is 2.75. The lowest BCUT2D eigenvalue weighted by molar-refractivity contribution is 0.452. The van der Waals surface area contributed by atoms with Gasteiger partial charge in [-0.2, -0.15) is 4.99 Å². The molecule has 0 heterocycles. The van der Waals surface area contributed by atoms with Gasteiger partial charge in [-0.05, 0) is 37.7 Å². The van der Waals surface area contributed by atoms with E-state index in [2.05, 4.69) is 4.99 Å². The fourth-order valence-corrected chi connectivity index (χ4v) is 2.62. The molecule has 0 unspecified atom stereocenters. The molecule has 0 amide bonds. The maximum absolute atomic E-state index is 10.4. The standard InChI is InChI=1S/C12H13NO2S/c1-8-3-4-9(16-2)10(11(8)15)12(5-6-12)13-7-14/h3-4,15H,5-6H2,1-2H3. The van der Waals surface area contributed by atoms with Gasteiger partial charge in [0.1, 0.15) is 11.3 Å². The molecule has 0 atom stereocenters. The Balaban J connectivity index is 2.62. The SMILES string of the molecule is CSc1ccc(C)c(O)c1C1(N=C=O)CC1. The van der Waals surface area contributed by atoms with E-state index < -0.39 is 5.54 Å². The summed E-state index contributed by atoms with van der Waals surface area (Å²) in [5, 5.41) is 10.1. The molecule has 1 aliphatic carbocycles. The van der Waals surface area contributed by atoms with Gasteiger partial charge in [-0.1, -0.05) is 6.07 Å². The summed E-state index contributed by atoms with van der Waals surface area (Å²) in [5.41, 5.74) is 1.11. The molecule has 16 heavy (non-hydrogen) atoms. The van der Waals surface area contributed by atoms with Crippen molar-refractivity contribution in [3.8, 4) is 5.75 Å². The number of benzene rings is 1. The van der Waals surface area contributed by atoms with Crippen molar-refractivity contribution in [2.75, 3.05) is 6.26 Å². The maximum atomic E-state index is 10.4. The second kappa shape index (κ2) is 3.96. The molecule has 3 nitrogen and oxygen atoms in total. The zero-order valence-electron chi connectivity index (χ0n) is 9.28. The monoisotopic (exact) mass is 235 g/mol. The van der Waals surface area contributed by atoms with Crippen LogP contribution in [0, 0.1) is 6.92 Å². The zero-order chi connectivity index (χ0) is 11.8. The summed E-state index contributed by atoms with van der Waals surface area (Å²) >= 11 is 1.56. The van der Waals surface area contributed by atoms with Crippen molar-refractivity contribution >= 4 is 17.8 Å². The van der Waals surface area contributed by atoms with Crippen molar-refractivity contribution in [1.29, 1.82) is 0 Å². The summed E-state index contributed by atoms with van der Waals surface area (Å²) in [7, 11) is 0. The third-order valence-electron chi connectivity index (χ3n) is 3.01. The highest BCUT2D eigenvalue weighted by molar-refractivity contribution is 7.98. The van der Waals surface area contributed by atoms with E-state index in [1.165, 1.54) is 0 Å². The largest absolute Gasteiger partial charge is 0.507 e. The molecule has 1 saturated carbocycles. The minimum absolute atomic E-state index is 0.267. The van der Waals surface area contributed by atoms with Crippen LogP contribution >= 0.6 is 11.8 Å². The van der Waals surface area contributed by atoms with Gasteiger partial charge in [0.15, 0.2) is 0 Å². The van der Waals surface area contributed by atoms with Gasteiger partial charge in [-0.15, -0.1) is 11.8 Å². The van der Waals surface area contributed by atoms with Crippen LogP contribution < -0.4 is 0 Å². The van der Waals surface area contributed by atoms with Gasteiger partial charge in [0, 0.05) is 10.5 Å². The Kier molecular flexibility index (Phi) is 2.78. The van der Waals surface area contributed by atoms with Gasteiger partial charge in [0.05, 0.1) is 0 Å². The molecular formula is C12H13NO2S. The Labute approximate surface area is 98.6 Å². The summed E-state index contributed by atoms with van der Waals surface area (Å²) in [4.78, 5) is 15.3. The predicted molar refractivity (Wildman–Crippen MR) is 63.7 cm³/mol. The molecule has 1 N–H and O–H groups in total. The lowest BCUT2D eigenvalue weighted by Crippen LogP contribution is -2.05. The van der Waals surface area contributed by atoms with Crippen molar-refractivity contribution in [3.63, 3.8) is 0 Å². The van der Waals surface area contributed by atoms with Gasteiger partial charge >= 0.3 is 0 Å². The Hall–Kier alpha value is -1.25. The number of rotatable bonds is 3. The number of thioether (sulfide) groups is 1. The zero-order valence-corrected chi connectivity index (χ0v) is 10.1. The molecule has 0 radical (unpaired) electrons. The van der Waals surface area contributed by atoms with E-state index in [1.54, 1.807) is 17.8 Å². The number of phenols is 1. The third-order valence-corrected chi connectivity index (χ3v) is 3.79. The van der Waals surface area contributed by atoms with Crippen molar-refractivity contribution in [3.05, 3.63) is 23.3 Å². The van der Waals surface area contributed by atoms with E-state index in [4.69, 9.17) is 0 Å². The molecule has 1 fully saturated rings. The van der Waals surface area contributed by atoms with Crippen LogP contribution in [-0.2, 0) is 10.3 Å². The average Bonchev–Trinajstić information content (AvgIpc) is 3.03. The fourth-order valence-electron chi connectivity index (χ4n) is 1.92. The highest BCUT2D eigenvalue weighted by Crippen LogP contribution is 2.55. The molecule has 1 aromatic carbocycles. The quantitative estimate of drug-likeness (QED) is 0.498. The smallest absolute Gasteiger partial charge is 0.235 e. The van der Waals surface area contributed by atoms with Gasteiger partial charge in [-0.25, -0.2) is 4.79 Å². The Bertz CT molecular complexity index is 474. The number of aliphatic imine (C=N–C) groups is 1. The summed E-state index contributed by atoms with van der Waals surface area (Å²) in [6.07, 6.45) is 5.20. The Morgan fingerprint density at radius 2 is 2.19 bits per heavy atom. The van der Waals surface area contributed by atoms with Gasteiger partial charge in [0.2, 0.25) is 6.08 Å². The Morgan fingerprint density at radius 3 is 2.69 bits per heavy atom. The Morgan fingerprint density at radius 1 is 1.50 bits per heavy atom. The van der Waals surface area contributed by atoms with Crippen LogP contribution in [0.1, 0.15) is 24.0 Å². The van der Waals surface area contributed by atoms with Crippen molar-refractivity contribution in [2.45, 2.75) is 30.2 Å². The molecule has 0 bridgehead atoms. The number of aryl methyl sites for hydroxylation is 1. The van der Waals surface area contributed by atoms with E-state index in [0.29, 0.717) is 0 Å². The first kappa shape index (κ1) is 11.2. The molecule has 4 heteroatoms. The van der Waals surface area contributed by atoms with Gasteiger partial charge in [0.25, 0.3) is 0 Å². The van der Waals surface area contributed by atoms with Gasteiger partial charge in [-0.3, -0.25) is 0 Å². The van der Waals surface area contributed by atoms with Crippen molar-refractivity contribution < 1.29 is 9.90 Å². The van der Waals surface area contributed by atoms with Gasteiger partial charge < -0.3 is 5.11 Å². The minimum Gasteiger partial charge on any atom is -0.507 e. The lowest BCUT2D eigenvalue weighted by atomic mass is 10.0. The van der Waals surface area contributed by atoms with Crippen LogP contribution in [0.5, 0.6) is 5.75 Å². The molecule has 2 rings (SSSR count). The highest BCUT2D eigenvalue weighted by Gasteiger charge is 2.48. The first-order valence-corrected chi connectivity index (χ1v) is 6.33. The number of isocyanates is 1. The first-order chi connectivity index (χ1) is 7.64. The molecule has 84 valence electrons. The highest BCUT2D eigenvalue weighted by atomic mass is 32.2. The molecule has 0 saturated heterocycles. The third kappa shape index (κ3) is 1.64. The van der Waals surface area contributed by atoms with Crippen LogP contribution in [0.15, 0.2) is 22.0 Å². The summed E-state index contributed by atoms with van der Waals surface area (Å²) in [6.45, 7) is 1.85. The van der Waals surface area contributed by atoms with E-state index in [9.17, 15) is 9.90 Å². The van der Waals surface area contributed by atoms with Crippen LogP contribution in [0.2, 0.25) is 0 Å². The minimum atomic E-state index is -0.504. The molecule has 1 aromatic rings. The summed E-state index contributed by atoms with van der Waals surface area (Å²) in [5.74, 6) is 0.267. The second-order valence-corrected chi connectivity index (χ2v) is 4.89. The number of phenolic OH excluding ortho intramolecular Hbond substituents is 1. The van der Waals surface area contributed by atoms with E-state index >= 15 is 0 Å². The molecule has 1 aliphatic rings. The number of carbonyl (C=O) groups excluding carboxylic acids is 1. The first-order valence-electron chi connectivity index (χ1n) is 5.11. The molecule has 0 spiro atoms. The summed E-state index contributed by atoms with van der Waals surface area (Å²) in [6, 6.07) is 3.85. The topological polar surface area (TPSA) is 49.7 Å². The van der Waals surface area contributed by atoms with Crippen LogP contribution in [0.4, 0.5) is 0 Å². The molecule has 0 aliphatic heterocycles. The molecular weight excluding hydrogens is 222 g/mol. The number of aromatic hydroxyl groups is 1. The lowest BCUT2D eigenvalue weighted by Gasteiger charge is -2.16.